The number of amides is 1. The van der Waals surface area contributed by atoms with Crippen LogP contribution < -0.4 is 14.8 Å². The number of carbonyl (C=O) groups excluding carboxylic acids is 1. The summed E-state index contributed by atoms with van der Waals surface area (Å²) in [6, 6.07) is 10.9. The first-order valence-corrected chi connectivity index (χ1v) is 9.20. The maximum atomic E-state index is 12.5. The van der Waals surface area contributed by atoms with Gasteiger partial charge in [0.05, 0.1) is 7.11 Å². The highest BCUT2D eigenvalue weighted by Gasteiger charge is 2.30. The van der Waals surface area contributed by atoms with Gasteiger partial charge in [0.15, 0.2) is 5.11 Å². The summed E-state index contributed by atoms with van der Waals surface area (Å²) in [5.41, 5.74) is 0.388. The maximum Gasteiger partial charge on any atom is 0.276 e. The van der Waals surface area contributed by atoms with Crippen LogP contribution in [0, 0.1) is 0 Å². The van der Waals surface area contributed by atoms with Gasteiger partial charge in [-0.3, -0.25) is 9.69 Å². The molecule has 2 heterocycles. The van der Waals surface area contributed by atoms with Crippen molar-refractivity contribution in [3.8, 4) is 11.5 Å². The third kappa shape index (κ3) is 4.90. The first kappa shape index (κ1) is 19.9. The molecular weight excluding hydrogens is 380 g/mol. The number of ether oxygens (including phenoxy) is 3. The number of thiocarbonyl (C=S) groups is 1. The Morgan fingerprint density at radius 2 is 1.89 bits per heavy atom. The molecule has 1 aliphatic rings. The molecule has 0 aliphatic carbocycles. The van der Waals surface area contributed by atoms with E-state index < -0.39 is 0 Å². The van der Waals surface area contributed by atoms with Gasteiger partial charge in [0, 0.05) is 26.3 Å². The zero-order valence-corrected chi connectivity index (χ0v) is 16.6. The van der Waals surface area contributed by atoms with Crippen molar-refractivity contribution in [3.05, 3.63) is 53.6 Å². The Balaban J connectivity index is 1.58. The van der Waals surface area contributed by atoms with Crippen LogP contribution in [0.5, 0.6) is 11.5 Å². The van der Waals surface area contributed by atoms with Crippen LogP contribution in [0.3, 0.4) is 0 Å². The van der Waals surface area contributed by atoms with Gasteiger partial charge in [0.1, 0.15) is 35.3 Å². The molecule has 0 saturated carbocycles. The van der Waals surface area contributed by atoms with E-state index in [2.05, 4.69) is 5.32 Å². The highest BCUT2D eigenvalue weighted by atomic mass is 32.1. The molecule has 2 aromatic rings. The molecule has 1 fully saturated rings. The molecular formula is C20H22N2O5S. The highest BCUT2D eigenvalue weighted by molar-refractivity contribution is 7.80. The van der Waals surface area contributed by atoms with Crippen LogP contribution in [0.25, 0.3) is 6.08 Å². The third-order valence-corrected chi connectivity index (χ3v) is 4.42. The standard InChI is InChI=1S/C20H22N2O5S/c1-24-11-3-10-22-19(23)18(21-20(22)28)12-16-8-9-17(27-16)13-26-15-6-4-14(25-2)5-7-15/h4-9,12H,3,10-11,13H2,1-2H3,(H,21,28)/b18-12+. The van der Waals surface area contributed by atoms with Crippen LogP contribution >= 0.6 is 12.2 Å². The fourth-order valence-electron chi connectivity index (χ4n) is 2.66. The summed E-state index contributed by atoms with van der Waals surface area (Å²) in [5.74, 6) is 2.50. The van der Waals surface area contributed by atoms with Gasteiger partial charge in [-0.2, -0.15) is 0 Å². The topological polar surface area (TPSA) is 73.2 Å². The summed E-state index contributed by atoms with van der Waals surface area (Å²) in [6.07, 6.45) is 2.35. The summed E-state index contributed by atoms with van der Waals surface area (Å²) < 4.78 is 21.6. The van der Waals surface area contributed by atoms with E-state index in [9.17, 15) is 4.79 Å². The van der Waals surface area contributed by atoms with Crippen molar-refractivity contribution >= 4 is 29.3 Å². The smallest absolute Gasteiger partial charge is 0.276 e. The van der Waals surface area contributed by atoms with Crippen LogP contribution in [-0.4, -0.2) is 43.3 Å². The molecule has 0 radical (unpaired) electrons. The third-order valence-electron chi connectivity index (χ3n) is 4.10. The molecule has 0 bridgehead atoms. The molecule has 1 aromatic carbocycles. The van der Waals surface area contributed by atoms with E-state index in [0.29, 0.717) is 47.7 Å². The molecule has 0 spiro atoms. The Labute approximate surface area is 168 Å². The first-order chi connectivity index (χ1) is 13.6. The molecule has 148 valence electrons. The highest BCUT2D eigenvalue weighted by Crippen LogP contribution is 2.20. The minimum Gasteiger partial charge on any atom is -0.497 e. The monoisotopic (exact) mass is 402 g/mol. The van der Waals surface area contributed by atoms with Crippen LogP contribution in [0.1, 0.15) is 17.9 Å². The Bertz CT molecular complexity index is 860. The number of benzene rings is 1. The number of methoxy groups -OCH3 is 2. The summed E-state index contributed by atoms with van der Waals surface area (Å²) >= 11 is 5.23. The van der Waals surface area contributed by atoms with Crippen molar-refractivity contribution in [2.24, 2.45) is 0 Å². The number of rotatable bonds is 9. The van der Waals surface area contributed by atoms with Crippen molar-refractivity contribution in [3.63, 3.8) is 0 Å². The number of furan rings is 1. The lowest BCUT2D eigenvalue weighted by Gasteiger charge is -2.12. The Morgan fingerprint density at radius 3 is 2.61 bits per heavy atom. The average Bonchev–Trinajstić information content (AvgIpc) is 3.26. The van der Waals surface area contributed by atoms with E-state index in [-0.39, 0.29) is 12.5 Å². The van der Waals surface area contributed by atoms with Gasteiger partial charge < -0.3 is 23.9 Å². The summed E-state index contributed by atoms with van der Waals surface area (Å²) in [7, 11) is 3.24. The molecule has 7 nitrogen and oxygen atoms in total. The maximum absolute atomic E-state index is 12.5. The predicted molar refractivity (Wildman–Crippen MR) is 108 cm³/mol. The molecule has 1 N–H and O–H groups in total. The van der Waals surface area contributed by atoms with Crippen molar-refractivity contribution in [1.82, 2.24) is 10.2 Å². The second-order valence-corrected chi connectivity index (χ2v) is 6.45. The quantitative estimate of drug-likeness (QED) is 0.393. The van der Waals surface area contributed by atoms with Gasteiger partial charge in [-0.1, -0.05) is 0 Å². The number of carbonyl (C=O) groups is 1. The van der Waals surface area contributed by atoms with Crippen LogP contribution in [-0.2, 0) is 16.1 Å². The lowest BCUT2D eigenvalue weighted by atomic mass is 10.3. The molecule has 8 heteroatoms. The number of hydrogen-bond donors (Lipinski definition) is 1. The van der Waals surface area contributed by atoms with Gasteiger partial charge in [-0.15, -0.1) is 0 Å². The van der Waals surface area contributed by atoms with E-state index in [0.717, 1.165) is 5.75 Å². The zero-order chi connectivity index (χ0) is 19.9. The largest absolute Gasteiger partial charge is 0.497 e. The lowest BCUT2D eigenvalue weighted by Crippen LogP contribution is -2.32. The minimum absolute atomic E-state index is 0.173. The van der Waals surface area contributed by atoms with Gasteiger partial charge in [-0.25, -0.2) is 0 Å². The number of hydrogen-bond acceptors (Lipinski definition) is 6. The molecule has 28 heavy (non-hydrogen) atoms. The van der Waals surface area contributed by atoms with E-state index in [1.807, 2.05) is 30.3 Å². The Kier molecular flexibility index (Phi) is 6.67. The van der Waals surface area contributed by atoms with Crippen LogP contribution in [0.4, 0.5) is 0 Å². The van der Waals surface area contributed by atoms with Crippen molar-refractivity contribution in [2.75, 3.05) is 27.4 Å². The van der Waals surface area contributed by atoms with E-state index >= 15 is 0 Å². The second-order valence-electron chi connectivity index (χ2n) is 6.06. The van der Waals surface area contributed by atoms with Gasteiger partial charge in [-0.05, 0) is 55.0 Å². The minimum atomic E-state index is -0.173. The Morgan fingerprint density at radius 1 is 1.14 bits per heavy atom. The number of nitrogens with zero attached hydrogens (tertiary/aromatic N) is 1. The van der Waals surface area contributed by atoms with E-state index in [1.165, 1.54) is 4.90 Å². The van der Waals surface area contributed by atoms with Gasteiger partial charge in [0.25, 0.3) is 5.91 Å². The second kappa shape index (κ2) is 9.38. The molecule has 0 unspecified atom stereocenters. The fourth-order valence-corrected chi connectivity index (χ4v) is 2.94. The molecule has 0 atom stereocenters. The summed E-state index contributed by atoms with van der Waals surface area (Å²) in [5, 5.41) is 3.32. The molecule has 3 rings (SSSR count). The van der Waals surface area contributed by atoms with Gasteiger partial charge in [0.2, 0.25) is 0 Å². The summed E-state index contributed by atoms with van der Waals surface area (Å²) in [6.45, 7) is 1.36. The molecule has 1 saturated heterocycles. The molecule has 1 aromatic heterocycles. The number of nitrogens with one attached hydrogen (secondary N) is 1. The normalized spacial score (nSPS) is 15.2. The lowest BCUT2D eigenvalue weighted by molar-refractivity contribution is -0.122. The molecule has 1 amide bonds. The van der Waals surface area contributed by atoms with Gasteiger partial charge >= 0.3 is 0 Å². The van der Waals surface area contributed by atoms with Crippen molar-refractivity contribution in [2.45, 2.75) is 13.0 Å². The SMILES string of the molecule is COCCCN1C(=O)/C(=C\c2ccc(COc3ccc(OC)cc3)o2)NC1=S. The molecule has 1 aliphatic heterocycles. The van der Waals surface area contributed by atoms with Crippen molar-refractivity contribution < 1.29 is 23.4 Å². The Hall–Kier alpha value is -2.84. The van der Waals surface area contributed by atoms with E-state index in [4.69, 9.17) is 30.8 Å². The van der Waals surface area contributed by atoms with E-state index in [1.54, 1.807) is 26.4 Å². The van der Waals surface area contributed by atoms with Crippen LogP contribution in [0.15, 0.2) is 46.5 Å². The van der Waals surface area contributed by atoms with Crippen molar-refractivity contribution in [1.29, 1.82) is 0 Å². The average molecular weight is 402 g/mol. The van der Waals surface area contributed by atoms with Crippen LogP contribution in [0.2, 0.25) is 0 Å². The first-order valence-electron chi connectivity index (χ1n) is 8.79. The predicted octanol–water partition coefficient (Wildman–Crippen LogP) is 2.96. The zero-order valence-electron chi connectivity index (χ0n) is 15.8. The summed E-state index contributed by atoms with van der Waals surface area (Å²) in [4.78, 5) is 14.0. The fraction of sp³-hybridized carbons (Fsp3) is 0.300.